The van der Waals surface area contributed by atoms with Gasteiger partial charge in [-0.25, -0.2) is 8.42 Å². The first-order valence-electron chi connectivity index (χ1n) is 8.23. The van der Waals surface area contributed by atoms with Gasteiger partial charge in [-0.3, -0.25) is 14.8 Å². The van der Waals surface area contributed by atoms with Crippen LogP contribution < -0.4 is 10.2 Å². The second-order valence-corrected chi connectivity index (χ2v) is 8.47. The molecule has 10 heteroatoms. The number of nitrogens with one attached hydrogen (secondary N) is 1. The van der Waals surface area contributed by atoms with E-state index in [0.717, 1.165) is 31.3 Å². The Kier molecular flexibility index (Phi) is 4.86. The highest BCUT2D eigenvalue weighted by molar-refractivity contribution is 7.90. The van der Waals surface area contributed by atoms with Crippen molar-refractivity contribution in [3.05, 3.63) is 40.7 Å². The zero-order chi connectivity index (χ0) is 18.9. The topological polar surface area (TPSA) is 110 Å². The number of benzene rings is 1. The van der Waals surface area contributed by atoms with Crippen LogP contribution in [0.2, 0.25) is 0 Å². The first-order valence-corrected chi connectivity index (χ1v) is 10.1. The Morgan fingerprint density at radius 2 is 2.15 bits per heavy atom. The van der Waals surface area contributed by atoms with Crippen LogP contribution in [0.3, 0.4) is 0 Å². The summed E-state index contributed by atoms with van der Waals surface area (Å²) in [6, 6.07) is 4.31. The molecule has 1 unspecified atom stereocenters. The summed E-state index contributed by atoms with van der Waals surface area (Å²) in [4.78, 5) is 12.8. The van der Waals surface area contributed by atoms with E-state index >= 15 is 0 Å². The number of para-hydroxylation sites is 1. The number of nitro benzene ring substituents is 1. The number of rotatable bonds is 5. The van der Waals surface area contributed by atoms with Crippen molar-refractivity contribution in [3.8, 4) is 0 Å². The molecule has 1 fully saturated rings. The molecule has 2 heterocycles. The van der Waals surface area contributed by atoms with Crippen molar-refractivity contribution >= 4 is 26.9 Å². The van der Waals surface area contributed by atoms with Gasteiger partial charge in [0, 0.05) is 38.6 Å². The Balaban J connectivity index is 1.85. The lowest BCUT2D eigenvalue weighted by atomic mass is 10.0. The van der Waals surface area contributed by atoms with E-state index in [0.29, 0.717) is 6.54 Å². The van der Waals surface area contributed by atoms with Gasteiger partial charge in [0.2, 0.25) is 0 Å². The predicted molar refractivity (Wildman–Crippen MR) is 98.3 cm³/mol. The summed E-state index contributed by atoms with van der Waals surface area (Å²) >= 11 is 0. The first-order chi connectivity index (χ1) is 12.3. The molecule has 26 heavy (non-hydrogen) atoms. The molecule has 140 valence electrons. The predicted octanol–water partition coefficient (Wildman–Crippen LogP) is 1.81. The molecular formula is C16H21N5O4S. The van der Waals surface area contributed by atoms with Gasteiger partial charge in [-0.2, -0.15) is 5.10 Å². The summed E-state index contributed by atoms with van der Waals surface area (Å²) < 4.78 is 25.5. The third kappa shape index (κ3) is 3.79. The highest BCUT2D eigenvalue weighted by Crippen LogP contribution is 2.33. The lowest BCUT2D eigenvalue weighted by molar-refractivity contribution is -0.386. The maximum Gasteiger partial charge on any atom is 0.310 e. The molecule has 0 radical (unpaired) electrons. The van der Waals surface area contributed by atoms with Gasteiger partial charge in [-0.05, 0) is 25.0 Å². The number of anilines is 2. The fourth-order valence-electron chi connectivity index (χ4n) is 3.25. The highest BCUT2D eigenvalue weighted by Gasteiger charge is 2.28. The number of piperidine rings is 1. The molecule has 1 N–H and O–H groups in total. The molecule has 0 saturated carbocycles. The SMILES string of the molecule is Cn1cc(N2CCCC(Nc3cccc(S(C)(=O)=O)c3[N+](=O)[O-])C2)cn1. The Hall–Kier alpha value is -2.62. The molecule has 2 aromatic rings. The minimum absolute atomic E-state index is 0.0301. The van der Waals surface area contributed by atoms with Crippen molar-refractivity contribution in [3.63, 3.8) is 0 Å². The van der Waals surface area contributed by atoms with E-state index in [1.807, 2.05) is 13.2 Å². The van der Waals surface area contributed by atoms with Crippen LogP contribution in [0, 0.1) is 10.1 Å². The number of nitrogens with zero attached hydrogens (tertiary/aromatic N) is 4. The van der Waals surface area contributed by atoms with Crippen LogP contribution in [-0.2, 0) is 16.9 Å². The van der Waals surface area contributed by atoms with Gasteiger partial charge in [0.25, 0.3) is 0 Å². The number of aryl methyl sites for hydroxylation is 1. The van der Waals surface area contributed by atoms with Crippen molar-refractivity contribution in [2.45, 2.75) is 23.8 Å². The minimum atomic E-state index is -3.70. The average molecular weight is 379 g/mol. The van der Waals surface area contributed by atoms with Crippen LogP contribution in [0.1, 0.15) is 12.8 Å². The first kappa shape index (κ1) is 18.2. The zero-order valence-electron chi connectivity index (χ0n) is 14.6. The maximum atomic E-state index is 11.9. The van der Waals surface area contributed by atoms with Crippen molar-refractivity contribution < 1.29 is 13.3 Å². The van der Waals surface area contributed by atoms with Gasteiger partial charge >= 0.3 is 5.69 Å². The summed E-state index contributed by atoms with van der Waals surface area (Å²) in [7, 11) is -1.85. The van der Waals surface area contributed by atoms with Gasteiger partial charge in [-0.1, -0.05) is 6.07 Å². The lowest BCUT2D eigenvalue weighted by Gasteiger charge is -2.34. The molecule has 1 saturated heterocycles. The molecule has 0 spiro atoms. The Bertz CT molecular complexity index is 924. The number of hydrogen-bond donors (Lipinski definition) is 1. The molecule has 3 rings (SSSR count). The fraction of sp³-hybridized carbons (Fsp3) is 0.438. The van der Waals surface area contributed by atoms with Crippen LogP contribution in [0.25, 0.3) is 0 Å². The number of nitro groups is 1. The number of aromatic nitrogens is 2. The maximum absolute atomic E-state index is 11.9. The molecule has 1 aliphatic rings. The van der Waals surface area contributed by atoms with Crippen molar-refractivity contribution in [1.29, 1.82) is 0 Å². The van der Waals surface area contributed by atoms with E-state index in [1.165, 1.54) is 12.1 Å². The fourth-order valence-corrected chi connectivity index (χ4v) is 4.11. The van der Waals surface area contributed by atoms with Crippen molar-refractivity contribution in [2.75, 3.05) is 29.6 Å². The smallest absolute Gasteiger partial charge is 0.310 e. The Morgan fingerprint density at radius 3 is 2.77 bits per heavy atom. The molecule has 0 amide bonds. The van der Waals surface area contributed by atoms with E-state index in [1.54, 1.807) is 16.9 Å². The number of hydrogen-bond acceptors (Lipinski definition) is 7. The van der Waals surface area contributed by atoms with Gasteiger partial charge in [0.15, 0.2) is 9.84 Å². The largest absolute Gasteiger partial charge is 0.375 e. The molecule has 0 aliphatic carbocycles. The molecule has 9 nitrogen and oxygen atoms in total. The summed E-state index contributed by atoms with van der Waals surface area (Å²) in [5.74, 6) is 0. The summed E-state index contributed by atoms with van der Waals surface area (Å²) in [6.45, 7) is 1.54. The normalized spacial score (nSPS) is 17.9. The van der Waals surface area contributed by atoms with Gasteiger partial charge in [0.1, 0.15) is 10.6 Å². The Morgan fingerprint density at radius 1 is 1.38 bits per heavy atom. The van der Waals surface area contributed by atoms with E-state index < -0.39 is 20.4 Å². The Labute approximate surface area is 151 Å². The van der Waals surface area contributed by atoms with Crippen molar-refractivity contribution in [2.24, 2.45) is 7.05 Å². The monoisotopic (exact) mass is 379 g/mol. The summed E-state index contributed by atoms with van der Waals surface area (Å²) in [5, 5.41) is 18.8. The van der Waals surface area contributed by atoms with Crippen LogP contribution in [0.4, 0.5) is 17.1 Å². The van der Waals surface area contributed by atoms with Gasteiger partial charge in [-0.15, -0.1) is 0 Å². The molecule has 1 aliphatic heterocycles. The molecule has 1 aromatic carbocycles. The summed E-state index contributed by atoms with van der Waals surface area (Å²) in [5.41, 5.74) is 0.836. The third-order valence-electron chi connectivity index (χ3n) is 4.42. The second-order valence-electron chi connectivity index (χ2n) is 6.48. The standard InChI is InChI=1S/C16H21N5O4S/c1-19-11-13(9-17-19)20-8-4-5-12(10-20)18-14-6-3-7-15(26(2,24)25)16(14)21(22)23/h3,6-7,9,11-12,18H,4-5,8,10H2,1-2H3. The zero-order valence-corrected chi connectivity index (χ0v) is 15.4. The quantitative estimate of drug-likeness (QED) is 0.623. The van der Waals surface area contributed by atoms with E-state index in [4.69, 9.17) is 0 Å². The average Bonchev–Trinajstić information content (AvgIpc) is 3.00. The van der Waals surface area contributed by atoms with Crippen LogP contribution in [0.5, 0.6) is 0 Å². The summed E-state index contributed by atoms with van der Waals surface area (Å²) in [6.07, 6.45) is 6.46. The van der Waals surface area contributed by atoms with Gasteiger partial charge < -0.3 is 10.2 Å². The second kappa shape index (κ2) is 6.94. The van der Waals surface area contributed by atoms with E-state index in [-0.39, 0.29) is 16.6 Å². The van der Waals surface area contributed by atoms with E-state index in [2.05, 4.69) is 15.3 Å². The molecule has 1 atom stereocenters. The molecular weight excluding hydrogens is 358 g/mol. The molecule has 0 bridgehead atoms. The highest BCUT2D eigenvalue weighted by atomic mass is 32.2. The van der Waals surface area contributed by atoms with E-state index in [9.17, 15) is 18.5 Å². The minimum Gasteiger partial charge on any atom is -0.375 e. The third-order valence-corrected chi connectivity index (χ3v) is 5.55. The lowest BCUT2D eigenvalue weighted by Crippen LogP contribution is -2.42. The van der Waals surface area contributed by atoms with Crippen molar-refractivity contribution in [1.82, 2.24) is 9.78 Å². The number of sulfone groups is 1. The van der Waals surface area contributed by atoms with Crippen LogP contribution in [0.15, 0.2) is 35.5 Å². The van der Waals surface area contributed by atoms with Crippen LogP contribution >= 0.6 is 0 Å². The van der Waals surface area contributed by atoms with Crippen LogP contribution in [-0.4, -0.2) is 48.5 Å². The molecule has 1 aromatic heterocycles. The van der Waals surface area contributed by atoms with Gasteiger partial charge in [0.05, 0.1) is 16.8 Å².